The number of non-ortho nitro benzene ring substituents is 1. The van der Waals surface area contributed by atoms with E-state index in [1.165, 1.54) is 18.2 Å². The zero-order valence-electron chi connectivity index (χ0n) is 17.8. The molecule has 1 heterocycles. The molecule has 0 aliphatic rings. The molecule has 0 unspecified atom stereocenters. The average Bonchev–Trinajstić information content (AvgIpc) is 2.77. The Morgan fingerprint density at radius 1 is 1.03 bits per heavy atom. The van der Waals surface area contributed by atoms with Crippen molar-refractivity contribution >= 4 is 29.6 Å². The van der Waals surface area contributed by atoms with E-state index in [1.54, 1.807) is 23.9 Å². The van der Waals surface area contributed by atoms with Gasteiger partial charge in [0.25, 0.3) is 11.2 Å². The number of nitro groups is 1. The largest absolute Gasteiger partial charge is 0.494 e. The van der Waals surface area contributed by atoms with Crippen molar-refractivity contribution in [2.45, 2.75) is 31.3 Å². The van der Waals surface area contributed by atoms with Crippen molar-refractivity contribution in [2.75, 3.05) is 12.4 Å². The number of unbranched alkanes of at least 4 members (excludes halogenated alkanes) is 2. The lowest BCUT2D eigenvalue weighted by atomic mass is 10.1. The molecule has 2 aromatic carbocycles. The van der Waals surface area contributed by atoms with Gasteiger partial charge in [-0.3, -0.25) is 14.9 Å². The van der Waals surface area contributed by atoms with E-state index in [1.807, 2.05) is 43.3 Å². The fraction of sp³-hybridized carbons (Fsp3) is 0.250. The highest BCUT2D eigenvalue weighted by atomic mass is 32.2. The first-order valence-corrected chi connectivity index (χ1v) is 11.3. The molecular formula is C24H25N3O4S. The predicted octanol–water partition coefficient (Wildman–Crippen LogP) is 5.50. The quantitative estimate of drug-likeness (QED) is 0.103. The van der Waals surface area contributed by atoms with Crippen LogP contribution >= 0.6 is 11.8 Å². The van der Waals surface area contributed by atoms with Gasteiger partial charge in [-0.1, -0.05) is 36.0 Å². The molecule has 7 nitrogen and oxygen atoms in total. The van der Waals surface area contributed by atoms with E-state index in [0.29, 0.717) is 11.8 Å². The number of rotatable bonds is 11. The molecule has 8 heteroatoms. The maximum absolute atomic E-state index is 11.4. The van der Waals surface area contributed by atoms with Crippen LogP contribution in [-0.2, 0) is 0 Å². The van der Waals surface area contributed by atoms with E-state index < -0.39 is 4.92 Å². The summed E-state index contributed by atoms with van der Waals surface area (Å²) in [5.41, 5.74) is 2.63. The monoisotopic (exact) mass is 451 g/mol. The average molecular weight is 452 g/mol. The minimum Gasteiger partial charge on any atom is -0.494 e. The number of nitrogens with one attached hydrogen (secondary N) is 1. The Morgan fingerprint density at radius 3 is 2.31 bits per heavy atom. The Bertz CT molecular complexity index is 1110. The van der Waals surface area contributed by atoms with Gasteiger partial charge in [0.15, 0.2) is 5.16 Å². The number of nitro benzene ring substituents is 1. The van der Waals surface area contributed by atoms with Crippen LogP contribution in [0.4, 0.5) is 5.69 Å². The van der Waals surface area contributed by atoms with E-state index in [-0.39, 0.29) is 11.2 Å². The molecule has 0 fully saturated rings. The summed E-state index contributed by atoms with van der Waals surface area (Å²) in [6, 6.07) is 15.8. The Labute approximate surface area is 190 Å². The van der Waals surface area contributed by atoms with Crippen LogP contribution in [0.2, 0.25) is 0 Å². The first-order valence-electron chi connectivity index (χ1n) is 10.4. The second-order valence-corrected chi connectivity index (χ2v) is 8.28. The maximum Gasteiger partial charge on any atom is 0.269 e. The van der Waals surface area contributed by atoms with Gasteiger partial charge in [-0.15, -0.1) is 0 Å². The van der Waals surface area contributed by atoms with Crippen LogP contribution in [0.5, 0.6) is 5.75 Å². The number of H-pyrrole nitrogens is 1. The lowest BCUT2D eigenvalue weighted by Crippen LogP contribution is -2.08. The van der Waals surface area contributed by atoms with Crippen LogP contribution in [0.3, 0.4) is 0 Å². The highest BCUT2D eigenvalue weighted by Gasteiger charge is 2.02. The Balaban J connectivity index is 1.34. The molecule has 0 amide bonds. The van der Waals surface area contributed by atoms with Crippen LogP contribution in [0, 0.1) is 17.0 Å². The number of benzene rings is 2. The molecule has 0 aliphatic carbocycles. The van der Waals surface area contributed by atoms with Gasteiger partial charge < -0.3 is 9.72 Å². The Kier molecular flexibility index (Phi) is 8.62. The molecule has 0 radical (unpaired) electrons. The minimum absolute atomic E-state index is 0.0852. The molecule has 1 N–H and O–H groups in total. The van der Waals surface area contributed by atoms with Gasteiger partial charge in [-0.25, -0.2) is 4.98 Å². The fourth-order valence-electron chi connectivity index (χ4n) is 2.93. The summed E-state index contributed by atoms with van der Waals surface area (Å²) in [6.45, 7) is 2.47. The number of aromatic amines is 1. The van der Waals surface area contributed by atoms with Gasteiger partial charge in [-0.05, 0) is 61.6 Å². The van der Waals surface area contributed by atoms with Crippen molar-refractivity contribution in [3.05, 3.63) is 91.9 Å². The van der Waals surface area contributed by atoms with Crippen LogP contribution in [0.25, 0.3) is 12.2 Å². The van der Waals surface area contributed by atoms with Gasteiger partial charge in [0.05, 0.1) is 11.5 Å². The van der Waals surface area contributed by atoms with Crippen LogP contribution in [0.1, 0.15) is 36.1 Å². The van der Waals surface area contributed by atoms with Crippen molar-refractivity contribution in [3.63, 3.8) is 0 Å². The van der Waals surface area contributed by atoms with Crippen molar-refractivity contribution in [1.82, 2.24) is 9.97 Å². The van der Waals surface area contributed by atoms with E-state index in [2.05, 4.69) is 9.97 Å². The number of nitrogens with zero attached hydrogens (tertiary/aromatic N) is 2. The smallest absolute Gasteiger partial charge is 0.269 e. The van der Waals surface area contributed by atoms with Crippen molar-refractivity contribution in [1.29, 1.82) is 0 Å². The van der Waals surface area contributed by atoms with Gasteiger partial charge in [0.1, 0.15) is 5.75 Å². The summed E-state index contributed by atoms with van der Waals surface area (Å²) >= 11 is 1.57. The second-order valence-electron chi connectivity index (χ2n) is 7.20. The maximum atomic E-state index is 11.4. The second kappa shape index (κ2) is 11.9. The van der Waals surface area contributed by atoms with E-state index >= 15 is 0 Å². The summed E-state index contributed by atoms with van der Waals surface area (Å²) in [7, 11) is 0. The molecule has 0 aliphatic heterocycles. The molecule has 0 spiro atoms. The molecule has 0 bridgehead atoms. The van der Waals surface area contributed by atoms with Crippen molar-refractivity contribution in [2.24, 2.45) is 0 Å². The molecule has 0 saturated heterocycles. The number of hydrogen-bond acceptors (Lipinski definition) is 6. The van der Waals surface area contributed by atoms with Gasteiger partial charge in [0.2, 0.25) is 0 Å². The lowest BCUT2D eigenvalue weighted by Gasteiger charge is -2.06. The molecule has 0 atom stereocenters. The zero-order valence-corrected chi connectivity index (χ0v) is 18.6. The highest BCUT2D eigenvalue weighted by molar-refractivity contribution is 7.99. The molecule has 3 rings (SSSR count). The zero-order chi connectivity index (χ0) is 22.8. The summed E-state index contributed by atoms with van der Waals surface area (Å²) in [5.74, 6) is 1.73. The number of ether oxygens (including phenoxy) is 1. The van der Waals surface area contributed by atoms with E-state index in [9.17, 15) is 14.9 Å². The molecule has 166 valence electrons. The van der Waals surface area contributed by atoms with Gasteiger partial charge >= 0.3 is 0 Å². The molecule has 1 aromatic heterocycles. The normalized spacial score (nSPS) is 11.0. The van der Waals surface area contributed by atoms with Crippen LogP contribution in [-0.4, -0.2) is 27.3 Å². The third-order valence-corrected chi connectivity index (χ3v) is 5.56. The minimum atomic E-state index is -0.406. The van der Waals surface area contributed by atoms with E-state index in [4.69, 9.17) is 4.74 Å². The fourth-order valence-corrected chi connectivity index (χ4v) is 3.86. The standard InChI is InChI=1S/C24H25N3O4S/c1-18-17-23(28)26-24(25-18)32-16-4-2-3-15-31-22-13-9-20(10-14-22)6-5-19-7-11-21(12-8-19)27(29)30/h5-14,17H,2-4,15-16H2,1H3,(H,25,26,28)/b6-5+. The predicted molar refractivity (Wildman–Crippen MR) is 128 cm³/mol. The SMILES string of the molecule is Cc1cc(=O)[nH]c(SCCCCCOc2ccc(/C=C/c3ccc([N+](=O)[O-])cc3)cc2)n1. The van der Waals surface area contributed by atoms with Crippen molar-refractivity contribution in [3.8, 4) is 5.75 Å². The molecule has 32 heavy (non-hydrogen) atoms. The number of aromatic nitrogens is 2. The van der Waals surface area contributed by atoms with Crippen molar-refractivity contribution < 1.29 is 9.66 Å². The Hall–Kier alpha value is -3.39. The van der Waals surface area contributed by atoms with Gasteiger partial charge in [-0.2, -0.15) is 0 Å². The van der Waals surface area contributed by atoms with Crippen LogP contribution in [0.15, 0.2) is 64.5 Å². The number of thioether (sulfide) groups is 1. The number of aryl methyl sites for hydroxylation is 1. The summed E-state index contributed by atoms with van der Waals surface area (Å²) in [6.07, 6.45) is 6.90. The molecule has 0 saturated carbocycles. The highest BCUT2D eigenvalue weighted by Crippen LogP contribution is 2.18. The van der Waals surface area contributed by atoms with Gasteiger partial charge in [0, 0.05) is 29.6 Å². The third kappa shape index (κ3) is 7.70. The summed E-state index contributed by atoms with van der Waals surface area (Å²) in [5, 5.41) is 11.4. The Morgan fingerprint density at radius 2 is 1.69 bits per heavy atom. The van der Waals surface area contributed by atoms with Crippen LogP contribution < -0.4 is 10.3 Å². The first-order chi connectivity index (χ1) is 15.5. The van der Waals surface area contributed by atoms with E-state index in [0.717, 1.165) is 47.6 Å². The lowest BCUT2D eigenvalue weighted by molar-refractivity contribution is -0.384. The first kappa shape index (κ1) is 23.3. The molecular weight excluding hydrogens is 426 g/mol. The summed E-state index contributed by atoms with van der Waals surface area (Å²) in [4.78, 5) is 28.8. The summed E-state index contributed by atoms with van der Waals surface area (Å²) < 4.78 is 5.80. The number of hydrogen-bond donors (Lipinski definition) is 1. The molecule has 3 aromatic rings. The third-order valence-electron chi connectivity index (χ3n) is 4.60. The topological polar surface area (TPSA) is 98.1 Å².